The summed E-state index contributed by atoms with van der Waals surface area (Å²) in [6.07, 6.45) is 0.940. The monoisotopic (exact) mass is 312 g/mol. The molecule has 0 aliphatic heterocycles. The summed E-state index contributed by atoms with van der Waals surface area (Å²) in [5.41, 5.74) is 3.07. The Bertz CT molecular complexity index is 773. The largest absolute Gasteiger partial charge is 0.351 e. The summed E-state index contributed by atoms with van der Waals surface area (Å²) in [5, 5.41) is 5.07. The Hall–Kier alpha value is -2.07. The van der Waals surface area contributed by atoms with Crippen molar-refractivity contribution in [3.8, 4) is 0 Å². The van der Waals surface area contributed by atoms with Crippen molar-refractivity contribution in [1.29, 1.82) is 0 Å². The molecule has 3 rings (SSSR count). The van der Waals surface area contributed by atoms with E-state index in [0.717, 1.165) is 22.3 Å². The number of hydrogen-bond donors (Lipinski definition) is 1. The maximum Gasteiger partial charge on any atom is 0.267 e. The van der Waals surface area contributed by atoms with Crippen molar-refractivity contribution >= 4 is 27.5 Å². The third-order valence-electron chi connectivity index (χ3n) is 3.90. The zero-order valence-corrected chi connectivity index (χ0v) is 13.7. The van der Waals surface area contributed by atoms with Crippen LogP contribution in [0.4, 0.5) is 0 Å². The van der Waals surface area contributed by atoms with Crippen molar-refractivity contribution in [3.63, 3.8) is 0 Å². The molecule has 0 radical (unpaired) electrons. The average molecular weight is 312 g/mol. The van der Waals surface area contributed by atoms with Gasteiger partial charge in [0, 0.05) is 6.54 Å². The van der Waals surface area contributed by atoms with Gasteiger partial charge in [0.15, 0.2) is 0 Å². The van der Waals surface area contributed by atoms with Crippen LogP contribution in [0.15, 0.2) is 47.8 Å². The maximum atomic E-state index is 12.5. The van der Waals surface area contributed by atoms with Crippen LogP contribution < -0.4 is 5.32 Å². The first-order valence-corrected chi connectivity index (χ1v) is 8.52. The quantitative estimate of drug-likeness (QED) is 0.742. The molecule has 3 nitrogen and oxygen atoms in total. The van der Waals surface area contributed by atoms with Gasteiger partial charge in [-0.05, 0) is 36.4 Å². The predicted octanol–water partition coefficient (Wildman–Crippen LogP) is 4.45. The Morgan fingerprint density at radius 1 is 1.27 bits per heavy atom. The molecule has 0 aliphatic rings. The number of nitrogens with one attached hydrogen (secondary N) is 1. The van der Waals surface area contributed by atoms with Gasteiger partial charge in [0.2, 0.25) is 0 Å². The summed E-state index contributed by atoms with van der Waals surface area (Å²) in [4.78, 5) is 12.5. The number of nitrogens with zero attached hydrogens (tertiary/aromatic N) is 1. The summed E-state index contributed by atoms with van der Waals surface area (Å²) >= 11 is 1.68. The SMILES string of the molecule is CCCNC(=O)c1cc2sccc2n1C(C)c1ccccc1. The first-order valence-electron chi connectivity index (χ1n) is 7.64. The minimum Gasteiger partial charge on any atom is -0.351 e. The maximum absolute atomic E-state index is 12.5. The zero-order valence-electron chi connectivity index (χ0n) is 12.9. The van der Waals surface area contributed by atoms with Crippen LogP contribution in [0, 0.1) is 0 Å². The lowest BCUT2D eigenvalue weighted by Crippen LogP contribution is -2.27. The number of rotatable bonds is 5. The summed E-state index contributed by atoms with van der Waals surface area (Å²) in [7, 11) is 0. The van der Waals surface area contributed by atoms with Crippen LogP contribution in [-0.2, 0) is 0 Å². The highest BCUT2D eigenvalue weighted by atomic mass is 32.1. The molecule has 1 atom stereocenters. The van der Waals surface area contributed by atoms with E-state index in [0.29, 0.717) is 6.54 Å². The van der Waals surface area contributed by atoms with E-state index in [9.17, 15) is 4.79 Å². The molecule has 1 unspecified atom stereocenters. The lowest BCUT2D eigenvalue weighted by Gasteiger charge is -2.18. The standard InChI is InChI=1S/C18H20N2OS/c1-3-10-19-18(21)16-12-17-15(9-11-22-17)20(16)13(2)14-7-5-4-6-8-14/h4-9,11-13H,3,10H2,1-2H3,(H,19,21). The van der Waals surface area contributed by atoms with E-state index < -0.39 is 0 Å². The van der Waals surface area contributed by atoms with Crippen LogP contribution in [0.3, 0.4) is 0 Å². The third-order valence-corrected chi connectivity index (χ3v) is 4.75. The Morgan fingerprint density at radius 2 is 2.05 bits per heavy atom. The van der Waals surface area contributed by atoms with Gasteiger partial charge in [-0.15, -0.1) is 11.3 Å². The topological polar surface area (TPSA) is 34.0 Å². The van der Waals surface area contributed by atoms with E-state index in [2.05, 4.69) is 47.3 Å². The molecular weight excluding hydrogens is 292 g/mol. The molecule has 1 amide bonds. The second-order valence-corrected chi connectivity index (χ2v) is 6.36. The highest BCUT2D eigenvalue weighted by Crippen LogP contribution is 2.31. The van der Waals surface area contributed by atoms with Gasteiger partial charge < -0.3 is 9.88 Å². The van der Waals surface area contributed by atoms with E-state index in [1.54, 1.807) is 11.3 Å². The molecule has 22 heavy (non-hydrogen) atoms. The van der Waals surface area contributed by atoms with Gasteiger partial charge in [0.05, 0.1) is 16.3 Å². The third kappa shape index (κ3) is 2.66. The Labute approximate surface area is 134 Å². The minimum atomic E-state index is 0.00744. The zero-order chi connectivity index (χ0) is 15.5. The van der Waals surface area contributed by atoms with E-state index in [-0.39, 0.29) is 11.9 Å². The first-order chi connectivity index (χ1) is 10.7. The molecule has 1 aromatic carbocycles. The van der Waals surface area contributed by atoms with E-state index >= 15 is 0 Å². The normalized spacial score (nSPS) is 12.5. The van der Waals surface area contributed by atoms with Crippen LogP contribution in [0.5, 0.6) is 0 Å². The summed E-state index contributed by atoms with van der Waals surface area (Å²) in [6, 6.07) is 14.5. The molecule has 0 bridgehead atoms. The van der Waals surface area contributed by atoms with Crippen LogP contribution >= 0.6 is 11.3 Å². The second kappa shape index (κ2) is 6.36. The number of hydrogen-bond acceptors (Lipinski definition) is 2. The number of benzene rings is 1. The van der Waals surface area contributed by atoms with Gasteiger partial charge in [-0.3, -0.25) is 4.79 Å². The highest BCUT2D eigenvalue weighted by molar-refractivity contribution is 7.17. The Morgan fingerprint density at radius 3 is 2.77 bits per heavy atom. The van der Waals surface area contributed by atoms with Gasteiger partial charge >= 0.3 is 0 Å². The molecule has 0 spiro atoms. The minimum absolute atomic E-state index is 0.00744. The van der Waals surface area contributed by atoms with Gasteiger partial charge in [0.1, 0.15) is 5.69 Å². The number of carbonyl (C=O) groups excluding carboxylic acids is 1. The fourth-order valence-electron chi connectivity index (χ4n) is 2.75. The van der Waals surface area contributed by atoms with E-state index in [1.807, 2.05) is 24.3 Å². The number of amides is 1. The first kappa shape index (κ1) is 14.9. The lowest BCUT2D eigenvalue weighted by atomic mass is 10.1. The van der Waals surface area contributed by atoms with Crippen molar-refractivity contribution < 1.29 is 4.79 Å². The summed E-state index contributed by atoms with van der Waals surface area (Å²) in [6.45, 7) is 4.91. The molecular formula is C18H20N2OS. The molecule has 0 aliphatic carbocycles. The molecule has 0 fully saturated rings. The second-order valence-electron chi connectivity index (χ2n) is 5.41. The van der Waals surface area contributed by atoms with Crippen LogP contribution in [0.2, 0.25) is 0 Å². The van der Waals surface area contributed by atoms with Crippen LogP contribution in [0.25, 0.3) is 10.2 Å². The molecule has 2 heterocycles. The molecule has 3 aromatic rings. The van der Waals surface area contributed by atoms with Crippen molar-refractivity contribution in [1.82, 2.24) is 9.88 Å². The fraction of sp³-hybridized carbons (Fsp3) is 0.278. The number of thiophene rings is 1. The Kier molecular flexibility index (Phi) is 4.29. The number of fused-ring (bicyclic) bond motifs is 1. The van der Waals surface area contributed by atoms with Crippen molar-refractivity contribution in [2.24, 2.45) is 0 Å². The highest BCUT2D eigenvalue weighted by Gasteiger charge is 2.20. The van der Waals surface area contributed by atoms with Crippen molar-refractivity contribution in [2.45, 2.75) is 26.3 Å². The molecule has 0 saturated carbocycles. The molecule has 114 valence electrons. The fourth-order valence-corrected chi connectivity index (χ4v) is 3.56. The molecule has 0 saturated heterocycles. The Balaban J connectivity index is 2.06. The predicted molar refractivity (Wildman–Crippen MR) is 92.7 cm³/mol. The average Bonchev–Trinajstić information content (AvgIpc) is 3.13. The molecule has 2 aromatic heterocycles. The summed E-state index contributed by atoms with van der Waals surface area (Å²) < 4.78 is 3.30. The van der Waals surface area contributed by atoms with Crippen LogP contribution in [0.1, 0.15) is 42.4 Å². The van der Waals surface area contributed by atoms with Crippen LogP contribution in [-0.4, -0.2) is 17.0 Å². The van der Waals surface area contributed by atoms with E-state index in [1.165, 1.54) is 5.56 Å². The van der Waals surface area contributed by atoms with Gasteiger partial charge in [-0.1, -0.05) is 37.3 Å². The lowest BCUT2D eigenvalue weighted by molar-refractivity contribution is 0.0944. The smallest absolute Gasteiger partial charge is 0.267 e. The van der Waals surface area contributed by atoms with E-state index in [4.69, 9.17) is 0 Å². The van der Waals surface area contributed by atoms with Gasteiger partial charge in [-0.25, -0.2) is 0 Å². The van der Waals surface area contributed by atoms with Crippen molar-refractivity contribution in [3.05, 3.63) is 59.1 Å². The summed E-state index contributed by atoms with van der Waals surface area (Å²) in [5.74, 6) is 0.00744. The molecule has 1 N–H and O–H groups in total. The number of aromatic nitrogens is 1. The van der Waals surface area contributed by atoms with Gasteiger partial charge in [-0.2, -0.15) is 0 Å². The molecule has 4 heteroatoms. The van der Waals surface area contributed by atoms with Crippen molar-refractivity contribution in [2.75, 3.05) is 6.54 Å². The van der Waals surface area contributed by atoms with Gasteiger partial charge in [0.25, 0.3) is 5.91 Å². The number of carbonyl (C=O) groups is 1.